The summed E-state index contributed by atoms with van der Waals surface area (Å²) in [5, 5.41) is 0. The van der Waals surface area contributed by atoms with Crippen LogP contribution in [-0.4, -0.2) is 18.2 Å². The summed E-state index contributed by atoms with van der Waals surface area (Å²) in [7, 11) is 0. The van der Waals surface area contributed by atoms with Crippen molar-refractivity contribution in [3.05, 3.63) is 0 Å². The van der Waals surface area contributed by atoms with Crippen molar-refractivity contribution in [3.8, 4) is 0 Å². The first-order valence-electron chi connectivity index (χ1n) is 6.56. The summed E-state index contributed by atoms with van der Waals surface area (Å²) < 4.78 is 5.71. The number of carbonyl (C=O) groups excluding carboxylic acids is 1. The minimum atomic E-state index is -0.307. The van der Waals surface area contributed by atoms with Gasteiger partial charge in [-0.15, -0.1) is 0 Å². The fourth-order valence-electron chi connectivity index (χ4n) is 5.09. The summed E-state index contributed by atoms with van der Waals surface area (Å²) in [6.45, 7) is 2.22. The first kappa shape index (κ1) is 11.5. The molecule has 0 aromatic heterocycles. The van der Waals surface area contributed by atoms with Crippen LogP contribution in [0, 0.1) is 17.3 Å². The number of nitrogens with two attached hydrogens (primary N) is 1. The van der Waals surface area contributed by atoms with Gasteiger partial charge >= 0.3 is 5.97 Å². The predicted octanol–water partition coefficient (Wildman–Crippen LogP) is 1.78. The van der Waals surface area contributed by atoms with E-state index < -0.39 is 0 Å². The molecule has 2 unspecified atom stereocenters. The number of carbonyl (C=O) groups is 1. The van der Waals surface area contributed by atoms with Gasteiger partial charge < -0.3 is 4.74 Å². The van der Waals surface area contributed by atoms with Crippen LogP contribution in [0.1, 0.15) is 45.4 Å². The van der Waals surface area contributed by atoms with E-state index in [0.717, 1.165) is 31.1 Å². The van der Waals surface area contributed by atoms with E-state index in [2.05, 4.69) is 11.8 Å². The summed E-state index contributed by atoms with van der Waals surface area (Å²) in [4.78, 5) is 16.0. The Morgan fingerprint density at radius 1 is 1.29 bits per heavy atom. The van der Waals surface area contributed by atoms with Crippen molar-refractivity contribution in [2.75, 3.05) is 6.61 Å². The van der Waals surface area contributed by atoms with Crippen molar-refractivity contribution < 1.29 is 14.4 Å². The van der Waals surface area contributed by atoms with Crippen LogP contribution in [0.2, 0.25) is 0 Å². The number of ether oxygens (including phenoxy) is 1. The molecule has 17 heavy (non-hydrogen) atoms. The number of rotatable bonds is 3. The third-order valence-electron chi connectivity index (χ3n) is 4.83. The Balaban J connectivity index is 1.76. The molecule has 4 heteroatoms. The Hall–Kier alpha value is -0.610. The third kappa shape index (κ3) is 1.97. The lowest BCUT2D eigenvalue weighted by atomic mass is 9.48. The minimum Gasteiger partial charge on any atom is -0.457 e. The van der Waals surface area contributed by atoms with Crippen LogP contribution in [0.25, 0.3) is 0 Å². The first-order chi connectivity index (χ1) is 8.03. The van der Waals surface area contributed by atoms with E-state index in [4.69, 9.17) is 10.6 Å². The summed E-state index contributed by atoms with van der Waals surface area (Å²) in [5.41, 5.74) is 0.197. The molecule has 96 valence electrons. The van der Waals surface area contributed by atoms with Gasteiger partial charge in [0.1, 0.15) is 5.60 Å². The fraction of sp³-hybridized carbons (Fsp3) is 0.923. The van der Waals surface area contributed by atoms with Crippen LogP contribution in [0.15, 0.2) is 0 Å². The van der Waals surface area contributed by atoms with Crippen LogP contribution >= 0.6 is 0 Å². The Morgan fingerprint density at radius 3 is 2.47 bits per heavy atom. The monoisotopic (exact) mass is 239 g/mol. The lowest BCUT2D eigenvalue weighted by Crippen LogP contribution is -2.56. The Labute approximate surface area is 102 Å². The van der Waals surface area contributed by atoms with Gasteiger partial charge in [-0.1, -0.05) is 6.92 Å². The maximum Gasteiger partial charge on any atom is 0.334 e. The molecule has 0 aliphatic heterocycles. The summed E-state index contributed by atoms with van der Waals surface area (Å²) in [6, 6.07) is 0. The van der Waals surface area contributed by atoms with E-state index in [1.807, 2.05) is 0 Å². The summed E-state index contributed by atoms with van der Waals surface area (Å²) >= 11 is 0. The maximum absolute atomic E-state index is 11.6. The Kier molecular flexibility index (Phi) is 2.49. The molecule has 4 nitrogen and oxygen atoms in total. The summed E-state index contributed by atoms with van der Waals surface area (Å²) in [5.74, 6) is 6.13. The van der Waals surface area contributed by atoms with Gasteiger partial charge in [0.2, 0.25) is 0 Å². The molecule has 4 aliphatic carbocycles. The zero-order chi connectivity index (χ0) is 12.1. The summed E-state index contributed by atoms with van der Waals surface area (Å²) in [6.07, 6.45) is 7.10. The number of hydrogen-bond donors (Lipinski definition) is 1. The van der Waals surface area contributed by atoms with E-state index in [0.29, 0.717) is 5.41 Å². The van der Waals surface area contributed by atoms with Gasteiger partial charge in [0, 0.05) is 0 Å². The molecule has 4 bridgehead atoms. The van der Waals surface area contributed by atoms with Gasteiger partial charge in [0.25, 0.3) is 0 Å². The van der Waals surface area contributed by atoms with Crippen molar-refractivity contribution in [2.24, 2.45) is 23.1 Å². The third-order valence-corrected chi connectivity index (χ3v) is 4.83. The molecule has 4 fully saturated rings. The molecule has 2 N–H and O–H groups in total. The average Bonchev–Trinajstić information content (AvgIpc) is 2.11. The lowest BCUT2D eigenvalue weighted by molar-refractivity contribution is -0.202. The quantitative estimate of drug-likeness (QED) is 0.602. The topological polar surface area (TPSA) is 61.5 Å². The highest BCUT2D eigenvalue weighted by molar-refractivity contribution is 5.71. The van der Waals surface area contributed by atoms with Crippen LogP contribution in [-0.2, 0) is 14.4 Å². The van der Waals surface area contributed by atoms with Gasteiger partial charge in [-0.2, -0.15) is 0 Å². The molecule has 0 saturated heterocycles. The maximum atomic E-state index is 11.6. The molecule has 0 aromatic carbocycles. The van der Waals surface area contributed by atoms with Gasteiger partial charge in [-0.3, -0.25) is 4.84 Å². The van der Waals surface area contributed by atoms with Crippen molar-refractivity contribution in [3.63, 3.8) is 0 Å². The Bertz CT molecular complexity index is 328. The van der Waals surface area contributed by atoms with Crippen molar-refractivity contribution in [2.45, 2.75) is 51.0 Å². The van der Waals surface area contributed by atoms with Crippen molar-refractivity contribution in [1.82, 2.24) is 0 Å². The smallest absolute Gasteiger partial charge is 0.334 e. The van der Waals surface area contributed by atoms with E-state index in [9.17, 15) is 4.79 Å². The van der Waals surface area contributed by atoms with Gasteiger partial charge in [0.15, 0.2) is 6.61 Å². The molecule has 0 heterocycles. The number of hydrogen-bond acceptors (Lipinski definition) is 4. The highest BCUT2D eigenvalue weighted by Crippen LogP contribution is 2.62. The van der Waals surface area contributed by atoms with Crippen molar-refractivity contribution >= 4 is 5.97 Å². The molecule has 0 aromatic rings. The van der Waals surface area contributed by atoms with E-state index in [1.165, 1.54) is 19.3 Å². The van der Waals surface area contributed by atoms with Gasteiger partial charge in [-0.05, 0) is 55.8 Å². The van der Waals surface area contributed by atoms with E-state index in [-0.39, 0.29) is 18.2 Å². The van der Waals surface area contributed by atoms with Crippen LogP contribution < -0.4 is 5.90 Å². The van der Waals surface area contributed by atoms with Gasteiger partial charge in [0.05, 0.1) is 0 Å². The zero-order valence-corrected chi connectivity index (χ0v) is 10.4. The molecule has 0 amide bonds. The van der Waals surface area contributed by atoms with E-state index >= 15 is 0 Å². The standard InChI is InChI=1S/C13H21NO3/c1-12-3-9-2-10(4-12)6-13(5-9,8-12)17-11(15)7-16-14/h9-10H,2-8,14H2,1H3. The molecule has 0 spiro atoms. The molecule has 4 rings (SSSR count). The molecular weight excluding hydrogens is 218 g/mol. The SMILES string of the molecule is CC12CC3CC(C1)CC(OC(=O)CON)(C3)C2. The first-order valence-corrected chi connectivity index (χ1v) is 6.56. The predicted molar refractivity (Wildman–Crippen MR) is 61.8 cm³/mol. The molecule has 4 aliphatic rings. The second-order valence-corrected chi connectivity index (χ2v) is 6.74. The highest BCUT2D eigenvalue weighted by Gasteiger charge is 2.57. The molecule has 2 atom stereocenters. The van der Waals surface area contributed by atoms with Crippen LogP contribution in [0.5, 0.6) is 0 Å². The highest BCUT2D eigenvalue weighted by atomic mass is 16.6. The lowest BCUT2D eigenvalue weighted by Gasteiger charge is -2.60. The van der Waals surface area contributed by atoms with Gasteiger partial charge in [-0.25, -0.2) is 10.7 Å². The molecule has 0 radical (unpaired) electrons. The molecule has 4 saturated carbocycles. The van der Waals surface area contributed by atoms with Crippen LogP contribution in [0.3, 0.4) is 0 Å². The number of esters is 1. The van der Waals surface area contributed by atoms with Crippen molar-refractivity contribution in [1.29, 1.82) is 0 Å². The molecular formula is C13H21NO3. The van der Waals surface area contributed by atoms with E-state index in [1.54, 1.807) is 0 Å². The largest absolute Gasteiger partial charge is 0.457 e. The minimum absolute atomic E-state index is 0.131. The van der Waals surface area contributed by atoms with Crippen LogP contribution in [0.4, 0.5) is 0 Å². The second-order valence-electron chi connectivity index (χ2n) is 6.74. The average molecular weight is 239 g/mol. The normalized spacial score (nSPS) is 47.2. The second kappa shape index (κ2) is 3.69. The fourth-order valence-corrected chi connectivity index (χ4v) is 5.09. The Morgan fingerprint density at radius 2 is 1.94 bits per heavy atom. The zero-order valence-electron chi connectivity index (χ0n) is 10.4.